The molecular formula is C10H13N3. The fourth-order valence-corrected chi connectivity index (χ4v) is 1.49. The Morgan fingerprint density at radius 3 is 2.92 bits per heavy atom. The lowest BCUT2D eigenvalue weighted by atomic mass is 10.1. The molecule has 0 aliphatic carbocycles. The Morgan fingerprint density at radius 2 is 2.23 bits per heavy atom. The summed E-state index contributed by atoms with van der Waals surface area (Å²) in [6.07, 6.45) is 10.8. The summed E-state index contributed by atoms with van der Waals surface area (Å²) in [6.45, 7) is 2.24. The van der Waals surface area contributed by atoms with E-state index < -0.39 is 0 Å². The summed E-state index contributed by atoms with van der Waals surface area (Å²) >= 11 is 0. The van der Waals surface area contributed by atoms with Gasteiger partial charge >= 0.3 is 0 Å². The molecular weight excluding hydrogens is 162 g/mol. The number of hydrogen-bond acceptors (Lipinski definition) is 3. The van der Waals surface area contributed by atoms with Crippen LogP contribution in [-0.2, 0) is 0 Å². The minimum absolute atomic E-state index is 0.681. The Kier molecular flexibility index (Phi) is 2.67. The van der Waals surface area contributed by atoms with Crippen LogP contribution in [0.15, 0.2) is 24.8 Å². The molecule has 0 amide bonds. The van der Waals surface area contributed by atoms with Crippen molar-refractivity contribution in [2.45, 2.75) is 6.42 Å². The summed E-state index contributed by atoms with van der Waals surface area (Å²) in [4.78, 5) is 7.90. The van der Waals surface area contributed by atoms with Crippen LogP contribution in [0, 0.1) is 5.92 Å². The first-order valence-electron chi connectivity index (χ1n) is 4.59. The van der Waals surface area contributed by atoms with Gasteiger partial charge in [-0.05, 0) is 18.9 Å². The molecule has 0 saturated carbocycles. The van der Waals surface area contributed by atoms with Gasteiger partial charge in [0.2, 0.25) is 0 Å². The number of hydrogen-bond donors (Lipinski definition) is 1. The van der Waals surface area contributed by atoms with E-state index in [9.17, 15) is 0 Å². The van der Waals surface area contributed by atoms with Crippen molar-refractivity contribution in [3.63, 3.8) is 0 Å². The van der Waals surface area contributed by atoms with Gasteiger partial charge < -0.3 is 5.32 Å². The zero-order valence-electron chi connectivity index (χ0n) is 7.48. The lowest BCUT2D eigenvalue weighted by Gasteiger charge is -1.98. The van der Waals surface area contributed by atoms with Gasteiger partial charge in [-0.25, -0.2) is 9.97 Å². The molecule has 13 heavy (non-hydrogen) atoms. The average molecular weight is 175 g/mol. The summed E-state index contributed by atoms with van der Waals surface area (Å²) in [6, 6.07) is 0. The zero-order chi connectivity index (χ0) is 8.93. The highest BCUT2D eigenvalue weighted by molar-refractivity contribution is 5.46. The highest BCUT2D eigenvalue weighted by Crippen LogP contribution is 2.10. The lowest BCUT2D eigenvalue weighted by Crippen LogP contribution is -2.07. The van der Waals surface area contributed by atoms with Crippen molar-refractivity contribution >= 4 is 6.08 Å². The van der Waals surface area contributed by atoms with Gasteiger partial charge in [-0.2, -0.15) is 0 Å². The van der Waals surface area contributed by atoms with Crippen molar-refractivity contribution in [3.8, 4) is 0 Å². The molecule has 1 atom stereocenters. The molecule has 0 aromatic carbocycles. The van der Waals surface area contributed by atoms with Gasteiger partial charge in [-0.15, -0.1) is 0 Å². The van der Waals surface area contributed by atoms with E-state index in [0.717, 1.165) is 18.7 Å². The summed E-state index contributed by atoms with van der Waals surface area (Å²) < 4.78 is 0. The maximum Gasteiger partial charge on any atom is 0.115 e. The Labute approximate surface area is 77.9 Å². The van der Waals surface area contributed by atoms with Crippen molar-refractivity contribution in [2.24, 2.45) is 5.92 Å². The zero-order valence-corrected chi connectivity index (χ0v) is 7.48. The second-order valence-electron chi connectivity index (χ2n) is 3.28. The van der Waals surface area contributed by atoms with E-state index in [2.05, 4.69) is 27.4 Å². The predicted octanol–water partition coefficient (Wildman–Crippen LogP) is 1.10. The van der Waals surface area contributed by atoms with Crippen LogP contribution in [0.2, 0.25) is 0 Å². The van der Waals surface area contributed by atoms with Gasteiger partial charge in [0.15, 0.2) is 0 Å². The van der Waals surface area contributed by atoms with Crippen LogP contribution in [0.1, 0.15) is 12.0 Å². The second-order valence-corrected chi connectivity index (χ2v) is 3.28. The fraction of sp³-hybridized carbons (Fsp3) is 0.400. The van der Waals surface area contributed by atoms with Crippen LogP contribution in [0.4, 0.5) is 0 Å². The highest BCUT2D eigenvalue weighted by Gasteiger charge is 2.09. The Balaban J connectivity index is 1.97. The number of nitrogens with zero attached hydrogens (tertiary/aromatic N) is 2. The number of aromatic nitrogens is 2. The van der Waals surface area contributed by atoms with E-state index in [1.54, 1.807) is 6.33 Å². The quantitative estimate of drug-likeness (QED) is 0.731. The summed E-state index contributed by atoms with van der Waals surface area (Å²) in [5, 5.41) is 3.33. The molecule has 1 fully saturated rings. The normalized spacial score (nSPS) is 22.6. The molecule has 3 heteroatoms. The second kappa shape index (κ2) is 4.14. The van der Waals surface area contributed by atoms with Gasteiger partial charge in [0, 0.05) is 24.5 Å². The Morgan fingerprint density at radius 1 is 1.38 bits per heavy atom. The van der Waals surface area contributed by atoms with Gasteiger partial charge in [-0.1, -0.05) is 12.2 Å². The van der Waals surface area contributed by atoms with E-state index in [1.165, 1.54) is 6.42 Å². The average Bonchev–Trinajstić information content (AvgIpc) is 2.69. The van der Waals surface area contributed by atoms with Crippen molar-refractivity contribution in [3.05, 3.63) is 30.4 Å². The minimum Gasteiger partial charge on any atom is -0.316 e. The predicted molar refractivity (Wildman–Crippen MR) is 52.0 cm³/mol. The number of rotatable bonds is 2. The largest absolute Gasteiger partial charge is 0.316 e. The molecule has 0 radical (unpaired) electrons. The van der Waals surface area contributed by atoms with Crippen molar-refractivity contribution in [2.75, 3.05) is 13.1 Å². The summed E-state index contributed by atoms with van der Waals surface area (Å²) in [7, 11) is 0. The van der Waals surface area contributed by atoms with Crippen LogP contribution in [-0.4, -0.2) is 23.1 Å². The Hall–Kier alpha value is -1.22. The molecule has 1 saturated heterocycles. The molecule has 0 spiro atoms. The molecule has 2 heterocycles. The van der Waals surface area contributed by atoms with Crippen LogP contribution in [0.25, 0.3) is 6.08 Å². The van der Waals surface area contributed by atoms with Gasteiger partial charge in [0.1, 0.15) is 6.33 Å². The molecule has 68 valence electrons. The van der Waals surface area contributed by atoms with Crippen molar-refractivity contribution < 1.29 is 0 Å². The maximum absolute atomic E-state index is 3.95. The molecule has 0 bridgehead atoms. The molecule has 1 N–H and O–H groups in total. The first kappa shape index (κ1) is 8.38. The van der Waals surface area contributed by atoms with Crippen LogP contribution in [0.3, 0.4) is 0 Å². The van der Waals surface area contributed by atoms with E-state index in [4.69, 9.17) is 0 Å². The first-order valence-corrected chi connectivity index (χ1v) is 4.59. The SMILES string of the molecule is C(=C\[C@@H]1CCNC1)/c1cncnc1. The molecule has 1 aromatic heterocycles. The molecule has 1 aromatic rings. The third-order valence-electron chi connectivity index (χ3n) is 2.24. The van der Waals surface area contributed by atoms with E-state index >= 15 is 0 Å². The van der Waals surface area contributed by atoms with Crippen molar-refractivity contribution in [1.29, 1.82) is 0 Å². The van der Waals surface area contributed by atoms with Crippen LogP contribution >= 0.6 is 0 Å². The van der Waals surface area contributed by atoms with Crippen molar-refractivity contribution in [1.82, 2.24) is 15.3 Å². The maximum atomic E-state index is 3.95. The van der Waals surface area contributed by atoms with E-state index in [1.807, 2.05) is 12.4 Å². The van der Waals surface area contributed by atoms with E-state index in [-0.39, 0.29) is 0 Å². The molecule has 0 unspecified atom stereocenters. The highest BCUT2D eigenvalue weighted by atomic mass is 14.9. The minimum atomic E-state index is 0.681. The third-order valence-corrected chi connectivity index (χ3v) is 2.24. The smallest absolute Gasteiger partial charge is 0.115 e. The monoisotopic (exact) mass is 175 g/mol. The fourth-order valence-electron chi connectivity index (χ4n) is 1.49. The van der Waals surface area contributed by atoms with Gasteiger partial charge in [-0.3, -0.25) is 0 Å². The Bertz CT molecular complexity index is 275. The molecule has 2 rings (SSSR count). The molecule has 3 nitrogen and oxygen atoms in total. The third kappa shape index (κ3) is 2.36. The van der Waals surface area contributed by atoms with Crippen LogP contribution < -0.4 is 5.32 Å². The standard InChI is InChI=1S/C10H13N3/c1(9-3-4-11-5-9)2-10-6-12-8-13-7-10/h1-2,6-9,11H,3-5H2/b2-1+/t9-/m1/s1. The molecule has 1 aliphatic heterocycles. The number of nitrogens with one attached hydrogen (secondary N) is 1. The summed E-state index contributed by atoms with van der Waals surface area (Å²) in [5.74, 6) is 0.681. The first-order chi connectivity index (χ1) is 6.45. The topological polar surface area (TPSA) is 37.8 Å². The molecule has 1 aliphatic rings. The summed E-state index contributed by atoms with van der Waals surface area (Å²) in [5.41, 5.74) is 1.08. The lowest BCUT2D eigenvalue weighted by molar-refractivity contribution is 0.731. The van der Waals surface area contributed by atoms with Gasteiger partial charge in [0.05, 0.1) is 0 Å². The van der Waals surface area contributed by atoms with Crippen LogP contribution in [0.5, 0.6) is 0 Å². The van der Waals surface area contributed by atoms with E-state index in [0.29, 0.717) is 5.92 Å². The van der Waals surface area contributed by atoms with Gasteiger partial charge in [0.25, 0.3) is 0 Å².